The monoisotopic (exact) mass is 280 g/mol. The van der Waals surface area contributed by atoms with Gasteiger partial charge in [0.1, 0.15) is 0 Å². The van der Waals surface area contributed by atoms with E-state index in [4.69, 9.17) is 0 Å². The van der Waals surface area contributed by atoms with E-state index in [1.807, 2.05) is 28.2 Å². The first-order valence-corrected chi connectivity index (χ1v) is 4.69. The van der Waals surface area contributed by atoms with Crippen LogP contribution in [0.15, 0.2) is 0 Å². The summed E-state index contributed by atoms with van der Waals surface area (Å²) in [6.07, 6.45) is 0. The van der Waals surface area contributed by atoms with Crippen LogP contribution in [-0.4, -0.2) is 84.4 Å². The molecule has 72 valence electrons. The molecule has 0 amide bonds. The number of rotatable bonds is 0. The quantitative estimate of drug-likeness (QED) is 0.357. The predicted octanol–water partition coefficient (Wildman–Crippen LogP) is 0.379. The first-order valence-electron chi connectivity index (χ1n) is 3.05. The second-order valence-corrected chi connectivity index (χ2v) is 4.38. The van der Waals surface area contributed by atoms with Gasteiger partial charge in [0.15, 0.2) is 0 Å². The molecule has 0 aromatic rings. The van der Waals surface area contributed by atoms with Gasteiger partial charge < -0.3 is 59.5 Å². The van der Waals surface area contributed by atoms with Crippen LogP contribution in [-0.2, 0) is 25.3 Å². The van der Waals surface area contributed by atoms with Crippen LogP contribution in [0, 0.1) is 0 Å². The molecule has 7 heteroatoms. The Bertz CT molecular complexity index is 143. The topological polar surface area (TPSA) is 6.48 Å². The molecule has 0 radical (unpaired) electrons. The normalized spacial score (nSPS) is 7.08. The summed E-state index contributed by atoms with van der Waals surface area (Å²) in [5.74, 6) is 0. The average Bonchev–Trinajstić information content (AvgIpc) is 1.88. The van der Waals surface area contributed by atoms with Gasteiger partial charge in [0.2, 0.25) is 0 Å². The van der Waals surface area contributed by atoms with Crippen molar-refractivity contribution in [3.63, 3.8) is 0 Å². The standard InChI is InChI=1S/2C3H7NS2.Ca/c2*1-4(2)3(5)6;/h2*1-2H3,(H,5,6);/q;;+2/p-2. The number of hydrogen-bond acceptors (Lipinski definition) is 4. The zero-order chi connectivity index (χ0) is 10.3. The van der Waals surface area contributed by atoms with Gasteiger partial charge in [-0.2, -0.15) is 0 Å². The molecule has 0 saturated carbocycles. The Morgan fingerprint density at radius 2 is 0.923 bits per heavy atom. The van der Waals surface area contributed by atoms with Gasteiger partial charge in [0.05, 0.1) is 0 Å². The summed E-state index contributed by atoms with van der Waals surface area (Å²) in [6, 6.07) is 0. The minimum Gasteiger partial charge on any atom is -0.411 e. The Kier molecular flexibility index (Phi) is 17.7. The van der Waals surface area contributed by atoms with Crippen molar-refractivity contribution in [3.8, 4) is 0 Å². The van der Waals surface area contributed by atoms with Crippen LogP contribution in [0.5, 0.6) is 0 Å². The summed E-state index contributed by atoms with van der Waals surface area (Å²) < 4.78 is 1.02. The number of nitrogens with zero attached hydrogens (tertiary/aromatic N) is 2. The van der Waals surface area contributed by atoms with Gasteiger partial charge in [-0.25, -0.2) is 0 Å². The third kappa shape index (κ3) is 19.8. The Labute approximate surface area is 132 Å². The first-order chi connectivity index (χ1) is 5.29. The molecule has 0 aliphatic heterocycles. The maximum absolute atomic E-state index is 4.56. The maximum Gasteiger partial charge on any atom is 2.00 e. The minimum absolute atomic E-state index is 0. The smallest absolute Gasteiger partial charge is 0.411 e. The van der Waals surface area contributed by atoms with Gasteiger partial charge in [-0.15, -0.1) is 0 Å². The molecule has 0 aliphatic carbocycles. The average molecular weight is 281 g/mol. The number of thiocarbonyl (C=S) groups is 2. The summed E-state index contributed by atoms with van der Waals surface area (Å²) in [4.78, 5) is 3.43. The summed E-state index contributed by atoms with van der Waals surface area (Å²) >= 11 is 18.2. The van der Waals surface area contributed by atoms with E-state index in [1.54, 1.807) is 9.80 Å². The minimum atomic E-state index is 0. The molecule has 0 heterocycles. The van der Waals surface area contributed by atoms with Crippen LogP contribution in [0.3, 0.4) is 0 Å². The fourth-order valence-corrected chi connectivity index (χ4v) is 0. The van der Waals surface area contributed by atoms with Crippen LogP contribution in [0.4, 0.5) is 0 Å². The van der Waals surface area contributed by atoms with Gasteiger partial charge in [0.25, 0.3) is 0 Å². The van der Waals surface area contributed by atoms with E-state index in [9.17, 15) is 0 Å². The van der Waals surface area contributed by atoms with Crippen LogP contribution in [0.1, 0.15) is 0 Å². The van der Waals surface area contributed by atoms with Crippen molar-refractivity contribution in [1.29, 1.82) is 0 Å². The van der Waals surface area contributed by atoms with Gasteiger partial charge in [-0.05, 0) is 0 Å². The predicted molar refractivity (Wildman–Crippen MR) is 73.1 cm³/mol. The molecule has 0 atom stereocenters. The Hall–Kier alpha value is 1.48. The van der Waals surface area contributed by atoms with Crippen molar-refractivity contribution in [2.75, 3.05) is 28.2 Å². The molecule has 0 spiro atoms. The summed E-state index contributed by atoms with van der Waals surface area (Å²) in [5.41, 5.74) is 0. The maximum atomic E-state index is 4.56. The Balaban J connectivity index is -0.000000143. The van der Waals surface area contributed by atoms with E-state index in [2.05, 4.69) is 49.7 Å². The van der Waals surface area contributed by atoms with Gasteiger partial charge in [-0.3, -0.25) is 0 Å². The molecular formula is C6H12CaN2S4. The molecule has 0 rings (SSSR count). The van der Waals surface area contributed by atoms with Crippen molar-refractivity contribution < 1.29 is 0 Å². The second-order valence-electron chi connectivity index (χ2n) is 2.32. The molecule has 0 bridgehead atoms. The first kappa shape index (κ1) is 20.0. The van der Waals surface area contributed by atoms with Crippen molar-refractivity contribution in [2.24, 2.45) is 0 Å². The zero-order valence-electron chi connectivity index (χ0n) is 8.23. The molecule has 0 unspecified atom stereocenters. The van der Waals surface area contributed by atoms with Gasteiger partial charge in [0, 0.05) is 28.2 Å². The summed E-state index contributed by atoms with van der Waals surface area (Å²) in [7, 11) is 7.31. The molecule has 2 nitrogen and oxygen atoms in total. The molecule has 0 aliphatic rings. The fourth-order valence-electron chi connectivity index (χ4n) is 0. The third-order valence-electron chi connectivity index (χ3n) is 0.730. The molecule has 0 aromatic heterocycles. The van der Waals surface area contributed by atoms with E-state index in [1.165, 1.54) is 0 Å². The van der Waals surface area contributed by atoms with E-state index >= 15 is 0 Å². The Morgan fingerprint density at radius 3 is 0.923 bits per heavy atom. The summed E-state index contributed by atoms with van der Waals surface area (Å²) in [6.45, 7) is 0. The second kappa shape index (κ2) is 11.6. The fraction of sp³-hybridized carbons (Fsp3) is 0.667. The molecule has 0 saturated heterocycles. The molecule has 13 heavy (non-hydrogen) atoms. The molecule has 0 aromatic carbocycles. The van der Waals surface area contributed by atoms with E-state index in [0.717, 1.165) is 0 Å². The van der Waals surface area contributed by atoms with Crippen LogP contribution in [0.2, 0.25) is 0 Å². The molecular weight excluding hydrogens is 268 g/mol. The zero-order valence-corrected chi connectivity index (χ0v) is 13.7. The largest absolute Gasteiger partial charge is 2.00 e. The molecule has 0 fully saturated rings. The van der Waals surface area contributed by atoms with Crippen LogP contribution in [0.25, 0.3) is 0 Å². The number of hydrogen-bond donors (Lipinski definition) is 0. The van der Waals surface area contributed by atoms with E-state index in [0.29, 0.717) is 8.64 Å². The van der Waals surface area contributed by atoms with Gasteiger partial charge >= 0.3 is 37.7 Å². The summed E-state index contributed by atoms with van der Waals surface area (Å²) in [5, 5.41) is 0. The Morgan fingerprint density at radius 1 is 0.846 bits per heavy atom. The van der Waals surface area contributed by atoms with Crippen molar-refractivity contribution in [2.45, 2.75) is 0 Å². The molecule has 0 N–H and O–H groups in total. The van der Waals surface area contributed by atoms with Crippen molar-refractivity contribution >= 4 is 96.1 Å². The van der Waals surface area contributed by atoms with E-state index in [-0.39, 0.29) is 37.7 Å². The van der Waals surface area contributed by atoms with Gasteiger partial charge in [-0.1, -0.05) is 8.64 Å². The third-order valence-corrected chi connectivity index (χ3v) is 2.19. The van der Waals surface area contributed by atoms with E-state index < -0.39 is 0 Å². The van der Waals surface area contributed by atoms with Crippen LogP contribution < -0.4 is 0 Å². The van der Waals surface area contributed by atoms with Crippen LogP contribution >= 0.6 is 24.4 Å². The van der Waals surface area contributed by atoms with Crippen molar-refractivity contribution in [3.05, 3.63) is 0 Å². The van der Waals surface area contributed by atoms with Crippen molar-refractivity contribution in [1.82, 2.24) is 9.80 Å². The SMILES string of the molecule is CN(C)C(=S)[S-].CN(C)C(=S)[S-].[Ca+2].